The molecule has 2 aliphatic rings. The molecule has 1 unspecified atom stereocenters. The van der Waals surface area contributed by atoms with Gasteiger partial charge in [0.2, 0.25) is 6.17 Å². The van der Waals surface area contributed by atoms with Gasteiger partial charge < -0.3 is 26.0 Å². The van der Waals surface area contributed by atoms with Crippen LogP contribution in [0.1, 0.15) is 47.5 Å². The summed E-state index contributed by atoms with van der Waals surface area (Å²) >= 11 is 3.19. The van der Waals surface area contributed by atoms with Crippen LogP contribution in [0.4, 0.5) is 29.2 Å². The van der Waals surface area contributed by atoms with Crippen LogP contribution < -0.4 is 11.5 Å². The average molecular weight is 692 g/mol. The Balaban J connectivity index is 0.000000161. The van der Waals surface area contributed by atoms with E-state index in [4.69, 9.17) is 20.9 Å². The zero-order valence-electron chi connectivity index (χ0n) is 24.7. The first-order valence-corrected chi connectivity index (χ1v) is 14.5. The quantitative estimate of drug-likeness (QED) is 0.202. The number of carbonyl (C=O) groups excluding carboxylic acids is 1. The van der Waals surface area contributed by atoms with Gasteiger partial charge in [-0.25, -0.2) is 22.6 Å². The molecule has 2 saturated heterocycles. The predicted molar refractivity (Wildman–Crippen MR) is 156 cm³/mol. The van der Waals surface area contributed by atoms with E-state index in [9.17, 15) is 27.5 Å². The molecule has 4 aromatic heterocycles. The van der Waals surface area contributed by atoms with Crippen molar-refractivity contribution >= 4 is 44.6 Å². The van der Waals surface area contributed by atoms with Crippen molar-refractivity contribution in [2.75, 3.05) is 11.5 Å². The van der Waals surface area contributed by atoms with Crippen molar-refractivity contribution in [3.63, 3.8) is 0 Å². The first kappa shape index (κ1) is 34.9. The molecule has 6 heterocycles. The zero-order chi connectivity index (χ0) is 32.9. The summed E-state index contributed by atoms with van der Waals surface area (Å²) in [6, 6.07) is 6.87. The fraction of sp³-hybridized carbons (Fsp3) is 0.519. The third kappa shape index (κ3) is 7.92. The highest BCUT2D eigenvalue weighted by atomic mass is 79.9. The van der Waals surface area contributed by atoms with Crippen molar-refractivity contribution in [3.05, 3.63) is 47.2 Å². The van der Waals surface area contributed by atoms with Gasteiger partial charge in [-0.05, 0) is 60.0 Å². The van der Waals surface area contributed by atoms with E-state index in [1.807, 2.05) is 13.8 Å². The number of ether oxygens (including phenoxy) is 2. The van der Waals surface area contributed by atoms with Crippen LogP contribution >= 0.6 is 15.9 Å². The van der Waals surface area contributed by atoms with Gasteiger partial charge in [-0.1, -0.05) is 27.7 Å². The van der Waals surface area contributed by atoms with Crippen LogP contribution in [0.3, 0.4) is 0 Å². The van der Waals surface area contributed by atoms with Gasteiger partial charge in [-0.2, -0.15) is 18.7 Å². The van der Waals surface area contributed by atoms with Gasteiger partial charge in [0, 0.05) is 18.0 Å². The summed E-state index contributed by atoms with van der Waals surface area (Å²) < 4.78 is 64.1. The highest BCUT2D eigenvalue weighted by Crippen LogP contribution is 2.36. The summed E-state index contributed by atoms with van der Waals surface area (Å²) in [4.78, 5) is 17.3. The van der Waals surface area contributed by atoms with Crippen molar-refractivity contribution in [1.29, 1.82) is 0 Å². The minimum atomic E-state index is -1.57. The Bertz CT molecular complexity index is 1570. The molecule has 6 rings (SSSR count). The minimum Gasteiger partial charge on any atom is -0.460 e. The molecule has 12 nitrogen and oxygen atoms in total. The molecule has 0 amide bonds. The largest absolute Gasteiger partial charge is 0.460 e. The van der Waals surface area contributed by atoms with E-state index in [2.05, 4.69) is 36.1 Å². The number of nitrogens with zero attached hydrogens (tertiary/aromatic N) is 6. The summed E-state index contributed by atoms with van der Waals surface area (Å²) in [5.74, 6) is -2.44. The lowest BCUT2D eigenvalue weighted by atomic mass is 9.97. The average Bonchev–Trinajstić information content (AvgIpc) is 3.70. The van der Waals surface area contributed by atoms with Gasteiger partial charge in [0.15, 0.2) is 23.6 Å². The van der Waals surface area contributed by atoms with Gasteiger partial charge in [0.1, 0.15) is 21.7 Å². The number of carbonyl (C=O) groups is 1. The number of rotatable bonds is 2. The molecule has 2 aliphatic heterocycles. The number of anilines is 2. The van der Waals surface area contributed by atoms with Gasteiger partial charge >= 0.3 is 18.1 Å². The van der Waals surface area contributed by atoms with Crippen LogP contribution in [0.25, 0.3) is 11.0 Å². The van der Waals surface area contributed by atoms with Crippen LogP contribution in [0.5, 0.6) is 0 Å². The maximum Gasteiger partial charge on any atom is 0.341 e. The molecule has 0 bridgehead atoms. The van der Waals surface area contributed by atoms with Gasteiger partial charge in [0.25, 0.3) is 0 Å². The first-order valence-electron chi connectivity index (χ1n) is 13.7. The third-order valence-corrected chi connectivity index (χ3v) is 7.76. The van der Waals surface area contributed by atoms with Gasteiger partial charge in [-0.15, -0.1) is 10.2 Å². The molecule has 0 aliphatic carbocycles. The molecule has 0 aromatic carbocycles. The second-order valence-electron chi connectivity index (χ2n) is 10.3. The van der Waals surface area contributed by atoms with Crippen LogP contribution in [-0.2, 0) is 14.3 Å². The van der Waals surface area contributed by atoms with Crippen molar-refractivity contribution < 1.29 is 36.9 Å². The highest BCUT2D eigenvalue weighted by molar-refractivity contribution is 9.10. The molecule has 0 saturated carbocycles. The molecule has 7 atom stereocenters. The fourth-order valence-corrected chi connectivity index (χ4v) is 5.08. The van der Waals surface area contributed by atoms with E-state index < -0.39 is 36.3 Å². The maximum atomic E-state index is 13.2. The number of nitrogens with two attached hydrogens (primary N) is 2. The van der Waals surface area contributed by atoms with E-state index in [1.165, 1.54) is 16.0 Å². The smallest absolute Gasteiger partial charge is 0.341 e. The summed E-state index contributed by atoms with van der Waals surface area (Å²) in [5, 5.41) is 16.3. The second-order valence-corrected chi connectivity index (χ2v) is 11.2. The number of hydrogen-bond donors (Lipinski definition) is 3. The molecule has 2 fully saturated rings. The maximum absolute atomic E-state index is 13.2. The molecule has 0 spiro atoms. The number of aliphatic hydroxyl groups is 1. The first-order chi connectivity index (χ1) is 20.6. The van der Waals surface area contributed by atoms with Gasteiger partial charge in [0.05, 0.1) is 6.10 Å². The Morgan fingerprint density at radius 1 is 0.977 bits per heavy atom. The normalized spacial score (nSPS) is 27.6. The van der Waals surface area contributed by atoms with Crippen molar-refractivity contribution in [1.82, 2.24) is 29.2 Å². The Morgan fingerprint density at radius 3 is 2.05 bits per heavy atom. The molecule has 4 aromatic rings. The molecule has 0 radical (unpaired) electrons. The second kappa shape index (κ2) is 14.5. The number of halogens is 5. The number of alkyl halides is 2. The van der Waals surface area contributed by atoms with Crippen LogP contribution in [0.2, 0.25) is 0 Å². The van der Waals surface area contributed by atoms with Crippen LogP contribution in [-0.4, -0.2) is 70.6 Å². The standard InChI is InChI=1S/C8H15FO2.C7H11FO2.C6H4BrFN4.C6H5FN4/c1-4-6-5(2)7(9)8(3,10)11-6;1-3-5-4(2)6(8)7(9)10-5;7-4-2-1-3-5(9)10-6(8)11-12(3)4;7-6-9-5(8)4-2-1-3-11(4)10-6/h5-7,10H,4H2,1-3H3;4-6H,3H2,1-2H3;1-2H,(H2,9,10,11);1-3H,(H2,8,9,10)/t5-,6-,7-,8?;4-,5-,6-;;/m11../s1. The minimum absolute atomic E-state index is 0.133. The van der Waals surface area contributed by atoms with Crippen LogP contribution in [0.15, 0.2) is 35.1 Å². The third-order valence-electron chi connectivity index (χ3n) is 7.16. The van der Waals surface area contributed by atoms with E-state index in [-0.39, 0.29) is 35.7 Å². The lowest BCUT2D eigenvalue weighted by molar-refractivity contribution is -0.200. The number of nitrogen functional groups attached to an aromatic ring is 2. The molecular weight excluding hydrogens is 656 g/mol. The molecule has 5 N–H and O–H groups in total. The van der Waals surface area contributed by atoms with E-state index >= 15 is 0 Å². The Kier molecular flexibility index (Phi) is 11.5. The lowest BCUT2D eigenvalue weighted by Gasteiger charge is -2.18. The zero-order valence-corrected chi connectivity index (χ0v) is 26.3. The monoisotopic (exact) mass is 690 g/mol. The predicted octanol–water partition coefficient (Wildman–Crippen LogP) is 4.44. The van der Waals surface area contributed by atoms with E-state index in [0.29, 0.717) is 22.1 Å². The number of cyclic esters (lactones) is 1. The molecule has 44 heavy (non-hydrogen) atoms. The van der Waals surface area contributed by atoms with E-state index in [1.54, 1.807) is 44.3 Å². The Morgan fingerprint density at radius 2 is 1.57 bits per heavy atom. The molecule has 17 heteroatoms. The topological polar surface area (TPSA) is 168 Å². The highest BCUT2D eigenvalue weighted by Gasteiger charge is 2.49. The summed E-state index contributed by atoms with van der Waals surface area (Å²) in [7, 11) is 0. The fourth-order valence-electron chi connectivity index (χ4n) is 4.68. The van der Waals surface area contributed by atoms with Crippen molar-refractivity contribution in [2.24, 2.45) is 11.8 Å². The number of fused-ring (bicyclic) bond motifs is 2. The summed E-state index contributed by atoms with van der Waals surface area (Å²) in [6.45, 7) is 8.65. The van der Waals surface area contributed by atoms with Crippen LogP contribution in [0, 0.1) is 24.0 Å². The summed E-state index contributed by atoms with van der Waals surface area (Å²) in [6.07, 6.45) is -1.59. The number of hydrogen-bond acceptors (Lipinski definition) is 10. The lowest BCUT2D eigenvalue weighted by Crippen LogP contribution is -2.34. The SMILES string of the molecule is CC[C@H]1OC(=O)[C@H](F)[C@@H]1C.CC[C@H]1OC(C)(O)[C@H](F)[C@@H]1C.Nc1nc(F)nn2c(Br)ccc12.Nc1nc(F)nn2cccc12. The van der Waals surface area contributed by atoms with Crippen molar-refractivity contribution in [3.8, 4) is 0 Å². The Labute approximate surface area is 258 Å². The van der Waals surface area contributed by atoms with Crippen molar-refractivity contribution in [2.45, 2.75) is 77.8 Å². The number of esters is 1. The molecule has 242 valence electrons. The molecular formula is C27H35BrF4N8O4. The number of aromatic nitrogens is 6. The summed E-state index contributed by atoms with van der Waals surface area (Å²) in [5.41, 5.74) is 12.0. The van der Waals surface area contributed by atoms with E-state index in [0.717, 1.165) is 6.42 Å². The Hall–Kier alpha value is -3.57. The van der Waals surface area contributed by atoms with Gasteiger partial charge in [-0.3, -0.25) is 0 Å².